The second kappa shape index (κ2) is 6.97. The van der Waals surface area contributed by atoms with Crippen molar-refractivity contribution in [1.29, 1.82) is 0 Å². The Morgan fingerprint density at radius 2 is 2.12 bits per heavy atom. The SMILES string of the molecule is C=C1C(=O)O[C@@H]2C[C@@]3(C)CC[C@@H](OC(=O)CCCCC)C(=C)[C@@H]3C[C@H]12. The van der Waals surface area contributed by atoms with Crippen LogP contribution in [0.1, 0.15) is 65.2 Å². The minimum Gasteiger partial charge on any atom is -0.458 e. The molecule has 0 aromatic rings. The van der Waals surface area contributed by atoms with Crippen LogP contribution in [0.4, 0.5) is 0 Å². The van der Waals surface area contributed by atoms with Gasteiger partial charge in [-0.15, -0.1) is 0 Å². The number of fused-ring (bicyclic) bond motifs is 2. The fraction of sp³-hybridized carbons (Fsp3) is 0.714. The minimum atomic E-state index is -0.248. The fourth-order valence-corrected chi connectivity index (χ4v) is 4.91. The fourth-order valence-electron chi connectivity index (χ4n) is 4.91. The van der Waals surface area contributed by atoms with Crippen LogP contribution in [0.3, 0.4) is 0 Å². The largest absolute Gasteiger partial charge is 0.458 e. The van der Waals surface area contributed by atoms with Gasteiger partial charge in [0.15, 0.2) is 0 Å². The first-order chi connectivity index (χ1) is 11.9. The maximum absolute atomic E-state index is 12.1. The molecule has 0 aromatic carbocycles. The molecular weight excluding hydrogens is 316 g/mol. The topological polar surface area (TPSA) is 52.6 Å². The van der Waals surface area contributed by atoms with Crippen molar-refractivity contribution in [2.24, 2.45) is 17.3 Å². The highest BCUT2D eigenvalue weighted by Gasteiger charge is 2.54. The van der Waals surface area contributed by atoms with E-state index in [1.165, 1.54) is 0 Å². The van der Waals surface area contributed by atoms with Gasteiger partial charge in [-0.3, -0.25) is 4.79 Å². The Balaban J connectivity index is 1.66. The summed E-state index contributed by atoms with van der Waals surface area (Å²) in [7, 11) is 0. The predicted octanol–water partition coefficient (Wildman–Crippen LogP) is 4.34. The Morgan fingerprint density at radius 1 is 1.36 bits per heavy atom. The van der Waals surface area contributed by atoms with Crippen LogP contribution in [-0.4, -0.2) is 24.1 Å². The Morgan fingerprint density at radius 3 is 2.84 bits per heavy atom. The molecule has 3 fully saturated rings. The highest BCUT2D eigenvalue weighted by Crippen LogP contribution is 2.57. The van der Waals surface area contributed by atoms with Gasteiger partial charge in [0.2, 0.25) is 0 Å². The molecule has 3 rings (SSSR count). The molecule has 1 aliphatic heterocycles. The summed E-state index contributed by atoms with van der Waals surface area (Å²) in [6, 6.07) is 0. The molecule has 0 aromatic heterocycles. The number of rotatable bonds is 5. The van der Waals surface area contributed by atoms with E-state index in [-0.39, 0.29) is 41.4 Å². The summed E-state index contributed by atoms with van der Waals surface area (Å²) in [6.45, 7) is 12.6. The highest BCUT2D eigenvalue weighted by atomic mass is 16.6. The van der Waals surface area contributed by atoms with Crippen LogP contribution in [0.5, 0.6) is 0 Å². The third-order valence-electron chi connectivity index (χ3n) is 6.51. The van der Waals surface area contributed by atoms with Crippen molar-refractivity contribution in [2.75, 3.05) is 0 Å². The summed E-state index contributed by atoms with van der Waals surface area (Å²) in [5, 5.41) is 0. The molecule has 2 saturated carbocycles. The summed E-state index contributed by atoms with van der Waals surface area (Å²) < 4.78 is 11.3. The van der Waals surface area contributed by atoms with Gasteiger partial charge < -0.3 is 9.47 Å². The summed E-state index contributed by atoms with van der Waals surface area (Å²) in [5.41, 5.74) is 1.68. The van der Waals surface area contributed by atoms with Crippen LogP contribution < -0.4 is 0 Å². The summed E-state index contributed by atoms with van der Waals surface area (Å²) in [6.07, 6.45) is 6.77. The second-order valence-electron chi connectivity index (χ2n) is 8.27. The zero-order valence-corrected chi connectivity index (χ0v) is 15.5. The molecule has 0 radical (unpaired) electrons. The molecule has 4 heteroatoms. The lowest BCUT2D eigenvalue weighted by Gasteiger charge is -2.51. The molecule has 5 atom stereocenters. The smallest absolute Gasteiger partial charge is 0.334 e. The van der Waals surface area contributed by atoms with Gasteiger partial charge in [0.05, 0.1) is 0 Å². The van der Waals surface area contributed by atoms with Crippen molar-refractivity contribution in [2.45, 2.75) is 77.4 Å². The molecule has 25 heavy (non-hydrogen) atoms. The van der Waals surface area contributed by atoms with Crippen LogP contribution in [0.25, 0.3) is 0 Å². The van der Waals surface area contributed by atoms with Gasteiger partial charge in [0.25, 0.3) is 0 Å². The van der Waals surface area contributed by atoms with E-state index in [0.29, 0.717) is 12.0 Å². The lowest BCUT2D eigenvalue weighted by Crippen LogP contribution is -2.47. The summed E-state index contributed by atoms with van der Waals surface area (Å²) >= 11 is 0. The molecule has 2 aliphatic carbocycles. The molecule has 3 aliphatic rings. The molecule has 138 valence electrons. The Kier molecular flexibility index (Phi) is 5.08. The molecular formula is C21H30O4. The van der Waals surface area contributed by atoms with Gasteiger partial charge >= 0.3 is 11.9 Å². The normalized spacial score (nSPS) is 37.3. The van der Waals surface area contributed by atoms with Gasteiger partial charge in [0, 0.05) is 17.9 Å². The van der Waals surface area contributed by atoms with Gasteiger partial charge in [-0.05, 0) is 49.0 Å². The average molecular weight is 346 g/mol. The van der Waals surface area contributed by atoms with Crippen molar-refractivity contribution in [3.63, 3.8) is 0 Å². The Hall–Kier alpha value is -1.58. The van der Waals surface area contributed by atoms with E-state index in [1.54, 1.807) is 0 Å². The van der Waals surface area contributed by atoms with Gasteiger partial charge in [-0.2, -0.15) is 0 Å². The van der Waals surface area contributed by atoms with Gasteiger partial charge in [-0.25, -0.2) is 4.79 Å². The number of hydrogen-bond acceptors (Lipinski definition) is 4. The minimum absolute atomic E-state index is 0.0396. The number of carbonyl (C=O) groups is 2. The zero-order chi connectivity index (χ0) is 18.2. The van der Waals surface area contributed by atoms with E-state index >= 15 is 0 Å². The molecule has 1 saturated heterocycles. The molecule has 0 spiro atoms. The maximum atomic E-state index is 12.1. The van der Waals surface area contributed by atoms with Gasteiger partial charge in [-0.1, -0.05) is 39.8 Å². The van der Waals surface area contributed by atoms with Crippen molar-refractivity contribution in [1.82, 2.24) is 0 Å². The first-order valence-corrected chi connectivity index (χ1v) is 9.63. The standard InChI is InChI=1S/C21H30O4/c1-5-6-7-8-19(22)24-17-9-10-21(4)12-18-15(11-16(21)14(17)3)13(2)20(23)25-18/h15-18H,2-3,5-12H2,1,4H3/t15-,16+,17-,18-,21-/m1/s1. The second-order valence-corrected chi connectivity index (χ2v) is 8.27. The molecule has 4 nitrogen and oxygen atoms in total. The van der Waals surface area contributed by atoms with Crippen LogP contribution in [0, 0.1) is 17.3 Å². The predicted molar refractivity (Wildman–Crippen MR) is 95.7 cm³/mol. The lowest BCUT2D eigenvalue weighted by molar-refractivity contribution is -0.152. The van der Waals surface area contributed by atoms with Crippen LogP contribution >= 0.6 is 0 Å². The van der Waals surface area contributed by atoms with Crippen LogP contribution in [-0.2, 0) is 19.1 Å². The Bertz CT molecular complexity index is 593. The van der Waals surface area contributed by atoms with E-state index in [1.807, 2.05) is 0 Å². The van der Waals surface area contributed by atoms with E-state index in [2.05, 4.69) is 27.0 Å². The van der Waals surface area contributed by atoms with Crippen molar-refractivity contribution < 1.29 is 19.1 Å². The van der Waals surface area contributed by atoms with Crippen molar-refractivity contribution >= 4 is 11.9 Å². The van der Waals surface area contributed by atoms with E-state index in [4.69, 9.17) is 9.47 Å². The quantitative estimate of drug-likeness (QED) is 0.321. The van der Waals surface area contributed by atoms with Crippen LogP contribution in [0.15, 0.2) is 24.3 Å². The van der Waals surface area contributed by atoms with Crippen molar-refractivity contribution in [3.8, 4) is 0 Å². The number of esters is 2. The Labute approximate surface area is 150 Å². The van der Waals surface area contributed by atoms with E-state index < -0.39 is 0 Å². The first kappa shape index (κ1) is 18.2. The molecule has 1 heterocycles. The first-order valence-electron chi connectivity index (χ1n) is 9.63. The monoisotopic (exact) mass is 346 g/mol. The third-order valence-corrected chi connectivity index (χ3v) is 6.51. The lowest BCUT2D eigenvalue weighted by atomic mass is 9.55. The number of hydrogen-bond donors (Lipinski definition) is 0. The number of unbranched alkanes of at least 4 members (excludes halogenated alkanes) is 2. The van der Waals surface area contributed by atoms with Crippen LogP contribution in [0.2, 0.25) is 0 Å². The summed E-state index contributed by atoms with van der Waals surface area (Å²) in [5.74, 6) is -0.0223. The molecule has 0 N–H and O–H groups in total. The number of carbonyl (C=O) groups excluding carboxylic acids is 2. The number of ether oxygens (including phenoxy) is 2. The van der Waals surface area contributed by atoms with E-state index in [0.717, 1.165) is 50.5 Å². The zero-order valence-electron chi connectivity index (χ0n) is 15.5. The maximum Gasteiger partial charge on any atom is 0.334 e. The third kappa shape index (κ3) is 3.40. The average Bonchev–Trinajstić information content (AvgIpc) is 2.83. The van der Waals surface area contributed by atoms with Gasteiger partial charge in [0.1, 0.15) is 12.2 Å². The van der Waals surface area contributed by atoms with Crippen molar-refractivity contribution in [3.05, 3.63) is 24.3 Å². The summed E-state index contributed by atoms with van der Waals surface area (Å²) in [4.78, 5) is 24.0. The van der Waals surface area contributed by atoms with E-state index in [9.17, 15) is 9.59 Å². The highest BCUT2D eigenvalue weighted by molar-refractivity contribution is 5.90. The molecule has 0 amide bonds. The molecule has 0 unspecified atom stereocenters. The molecule has 0 bridgehead atoms.